The summed E-state index contributed by atoms with van der Waals surface area (Å²) in [7, 11) is -31.7. The minimum Gasteiger partial charge on any atom is -0.779 e. The Kier molecular flexibility index (Phi) is 52.8. The molecule has 4 heterocycles. The quantitative estimate of drug-likeness (QED) is 0.0149. The van der Waals surface area contributed by atoms with E-state index in [-0.39, 0.29) is 49.3 Å². The molecule has 0 bridgehead atoms. The van der Waals surface area contributed by atoms with Crippen molar-refractivity contribution in [2.45, 2.75) is 180 Å². The summed E-state index contributed by atoms with van der Waals surface area (Å²) in [6.07, 6.45) is 35.5. The first-order valence-electron chi connectivity index (χ1n) is 30.9. The highest BCUT2D eigenvalue weighted by Gasteiger charge is 2.14. The largest absolute Gasteiger partial charge is 0.779 e. The van der Waals surface area contributed by atoms with Crippen LogP contribution in [0.1, 0.15) is 180 Å². The van der Waals surface area contributed by atoms with Crippen molar-refractivity contribution in [3.05, 3.63) is 98.1 Å². The second-order valence-corrected chi connectivity index (χ2v) is 36.0. The molecule has 0 amide bonds. The van der Waals surface area contributed by atoms with Crippen LogP contribution in [0.2, 0.25) is 0 Å². The Balaban J connectivity index is 0. The lowest BCUT2D eigenvalue weighted by Gasteiger charge is -2.14. The maximum atomic E-state index is 10.5. The molecule has 0 spiro atoms. The van der Waals surface area contributed by atoms with E-state index in [9.17, 15) is 56.1 Å². The molecule has 4 aromatic rings. The highest BCUT2D eigenvalue weighted by Crippen LogP contribution is 2.39. The number of H-pyrrole nitrogens is 4. The van der Waals surface area contributed by atoms with E-state index < -0.39 is 60.8 Å². The molecule has 4 atom stereocenters. The molecule has 4 rings (SSSR count). The molecule has 0 saturated heterocycles. The van der Waals surface area contributed by atoms with E-state index >= 15 is 0 Å². The summed E-state index contributed by atoms with van der Waals surface area (Å²) < 4.78 is 83.7. The summed E-state index contributed by atoms with van der Waals surface area (Å²) in [5.74, 6) is 0. The van der Waals surface area contributed by atoms with Gasteiger partial charge in [-0.25, -0.2) is 19.9 Å². The van der Waals surface area contributed by atoms with E-state index in [0.29, 0.717) is 51.4 Å². The molecule has 0 saturated carbocycles. The third-order valence-electron chi connectivity index (χ3n) is 13.1. The van der Waals surface area contributed by atoms with Crippen molar-refractivity contribution in [3.8, 4) is 22.3 Å². The molecule has 16 N–H and O–H groups in total. The van der Waals surface area contributed by atoms with Crippen LogP contribution in [0, 0.1) is 0 Å². The molecule has 0 aliphatic carbocycles. The third-order valence-corrected chi connectivity index (χ3v) is 20.2. The molecule has 4 unspecified atom stereocenters. The molecule has 532 valence electrons. The second kappa shape index (κ2) is 52.9. The van der Waals surface area contributed by atoms with Crippen LogP contribution in [0.15, 0.2) is 98.1 Å². The Bertz CT molecular complexity index is 2320. The molecule has 0 radical (unpaired) electrons. The minimum atomic E-state index is -4.09. The molecule has 36 heteroatoms. The van der Waals surface area contributed by atoms with Crippen LogP contribution in [0.25, 0.3) is 22.3 Å². The zero-order valence-electron chi connectivity index (χ0n) is 52.5. The van der Waals surface area contributed by atoms with Gasteiger partial charge in [-0.15, -0.1) is 0 Å². The molecule has 0 fully saturated rings. The predicted molar refractivity (Wildman–Crippen MR) is 346 cm³/mol. The maximum Gasteiger partial charge on any atom is 0.325 e. The van der Waals surface area contributed by atoms with Gasteiger partial charge in [-0.1, -0.05) is 128 Å². The van der Waals surface area contributed by atoms with Crippen molar-refractivity contribution >= 4 is 60.8 Å². The smallest absolute Gasteiger partial charge is 0.325 e. The van der Waals surface area contributed by atoms with Crippen molar-refractivity contribution in [1.29, 1.82) is 0 Å². The number of hydrogen-bond acceptors (Lipinski definition) is 12. The third kappa shape index (κ3) is 75.2. The summed E-state index contributed by atoms with van der Waals surface area (Å²) in [5.41, 5.74) is 4.90. The number of pyridine rings is 4. The van der Waals surface area contributed by atoms with E-state index in [1.807, 2.05) is 49.6 Å². The van der Waals surface area contributed by atoms with Gasteiger partial charge in [0, 0.05) is 97.8 Å². The van der Waals surface area contributed by atoms with Crippen molar-refractivity contribution in [2.24, 2.45) is 0 Å². The van der Waals surface area contributed by atoms with Crippen molar-refractivity contribution in [1.82, 2.24) is 0 Å². The first-order chi connectivity index (χ1) is 42.8. The van der Waals surface area contributed by atoms with Gasteiger partial charge in [0.05, 0.1) is 0 Å². The van der Waals surface area contributed by atoms with Gasteiger partial charge < -0.3 is 96.6 Å². The maximum absolute atomic E-state index is 10.5. The summed E-state index contributed by atoms with van der Waals surface area (Å²) in [4.78, 5) is 156. The van der Waals surface area contributed by atoms with Gasteiger partial charge in [-0.2, -0.15) is 0 Å². The number of aromatic nitrogens is 4. The van der Waals surface area contributed by atoms with Gasteiger partial charge in [-0.3, -0.25) is 18.3 Å². The zero-order chi connectivity index (χ0) is 69.9. The number of unbranched alkanes of at least 4 members (excludes halogenated alkanes) is 24. The first kappa shape index (κ1) is 91.9. The molecule has 4 aromatic heterocycles. The van der Waals surface area contributed by atoms with Crippen LogP contribution >= 0.6 is 60.8 Å². The SMILES string of the molecule is O=P([O-])(O)CCCCCCCCCP(=O)(O)O.O=P([O-])(O)CCCCCCCCCP(=O)(O)O.O=P([O-])(O)CCCCCCCCCP(=O)(O)O.O=P([O-])(O)CCCCCCCCCP(=O)(O)O.c1cc(-c2cc[nH+]cc2)cc[nH+]1.c1cc(-c2cc[nH+]cc2)cc[nH+]1. The average Bonchev–Trinajstić information content (AvgIpc) is 1.11. The van der Waals surface area contributed by atoms with Crippen molar-refractivity contribution in [2.75, 3.05) is 49.3 Å². The molecule has 28 nitrogen and oxygen atoms in total. The highest BCUT2D eigenvalue weighted by atomic mass is 31.2. The van der Waals surface area contributed by atoms with Gasteiger partial charge in [0.25, 0.3) is 0 Å². The highest BCUT2D eigenvalue weighted by molar-refractivity contribution is 7.53. The van der Waals surface area contributed by atoms with E-state index in [4.69, 9.17) is 58.7 Å². The Morgan fingerprint density at radius 2 is 0.315 bits per heavy atom. The summed E-state index contributed by atoms with van der Waals surface area (Å²) in [6, 6.07) is 16.4. The first-order valence-corrected chi connectivity index (χ1v) is 45.1. The van der Waals surface area contributed by atoms with Gasteiger partial charge in [0.15, 0.2) is 49.6 Å². The Labute approximate surface area is 542 Å². The van der Waals surface area contributed by atoms with E-state index in [2.05, 4.69) is 68.5 Å². The van der Waals surface area contributed by atoms with E-state index in [0.717, 1.165) is 128 Å². The lowest BCUT2D eigenvalue weighted by Crippen LogP contribution is -2.03. The molecular weight excluding hydrogens is 1360 g/mol. The average molecular weight is 1470 g/mol. The number of hydrogen-bond donors (Lipinski definition) is 12. The Morgan fingerprint density at radius 3 is 0.424 bits per heavy atom. The van der Waals surface area contributed by atoms with Crippen LogP contribution < -0.4 is 39.5 Å². The van der Waals surface area contributed by atoms with Gasteiger partial charge in [-0.05, 0) is 73.6 Å². The van der Waals surface area contributed by atoms with Gasteiger partial charge >= 0.3 is 30.4 Å². The number of nitrogens with one attached hydrogen (secondary N) is 4. The van der Waals surface area contributed by atoms with E-state index in [1.165, 1.54) is 22.3 Å². The fraction of sp³-hybridized carbons (Fsp3) is 0.643. The van der Waals surface area contributed by atoms with E-state index in [1.54, 1.807) is 0 Å². The topological polar surface area (TPSA) is 528 Å². The Hall–Kier alpha value is -2.20. The molecule has 0 aromatic carbocycles. The standard InChI is InChI=1S/2C10H8N2.4C9H22O6P2/c2*1-5-11-6-2-9(1)10-3-7-12-8-4-10;4*10-16(11,12)8-6-4-2-1-3-5-7-9-17(13,14)15/h2*1-8H;4*1-9H2,(H2,10,11,12)(H2,13,14,15). The van der Waals surface area contributed by atoms with Crippen LogP contribution in [-0.2, 0) is 36.5 Å². The summed E-state index contributed by atoms with van der Waals surface area (Å²) >= 11 is 0. The lowest BCUT2D eigenvalue weighted by atomic mass is 10.1. The molecule has 92 heavy (non-hydrogen) atoms. The fourth-order valence-corrected chi connectivity index (χ4v) is 13.4. The zero-order valence-corrected chi connectivity index (χ0v) is 59.7. The van der Waals surface area contributed by atoms with Crippen LogP contribution in [0.5, 0.6) is 0 Å². The molecule has 0 aliphatic rings. The fourth-order valence-electron chi connectivity index (χ4n) is 8.37. The molecule has 0 aliphatic heterocycles. The van der Waals surface area contributed by atoms with Crippen molar-refractivity contribution < 1.29 is 135 Å². The number of aromatic amines is 4. The van der Waals surface area contributed by atoms with Crippen molar-refractivity contribution in [3.63, 3.8) is 0 Å². The van der Waals surface area contributed by atoms with Gasteiger partial charge in [0.1, 0.15) is 30.4 Å². The van der Waals surface area contributed by atoms with Crippen LogP contribution in [-0.4, -0.2) is 108 Å². The predicted octanol–water partition coefficient (Wildman–Crippen LogP) is 7.73. The second-order valence-electron chi connectivity index (χ2n) is 22.1. The Morgan fingerprint density at radius 1 is 0.207 bits per heavy atom. The summed E-state index contributed by atoms with van der Waals surface area (Å²) in [5, 5.41) is 0. The van der Waals surface area contributed by atoms with Gasteiger partial charge in [0.2, 0.25) is 0 Å². The van der Waals surface area contributed by atoms with Crippen LogP contribution in [0.3, 0.4) is 0 Å². The normalized spacial score (nSPS) is 14.2. The number of rotatable bonds is 42. The lowest BCUT2D eigenvalue weighted by molar-refractivity contribution is -0.378. The monoisotopic (exact) mass is 1460 g/mol. The summed E-state index contributed by atoms with van der Waals surface area (Å²) in [6.45, 7) is 0. The molecular formula is C56H104N4O24P8. The minimum absolute atomic E-state index is 0.0587. The van der Waals surface area contributed by atoms with Crippen LogP contribution in [0.4, 0.5) is 0 Å².